The molecule has 1 N–H and O–H groups in total. The lowest BCUT2D eigenvalue weighted by atomic mass is 10.2. The Labute approximate surface area is 151 Å². The number of nitro benzene ring substituents is 1. The van der Waals surface area contributed by atoms with Gasteiger partial charge in [-0.3, -0.25) is 14.9 Å². The zero-order chi connectivity index (χ0) is 18.0. The summed E-state index contributed by atoms with van der Waals surface area (Å²) in [6, 6.07) is 10.6. The Balaban J connectivity index is 1.77. The fourth-order valence-electron chi connectivity index (χ4n) is 2.09. The first-order chi connectivity index (χ1) is 11.9. The standard InChI is InChI=1S/C16H10Cl2N4O3/c17-14-6-1-11(7-15(14)18)20-16(23)10-8-19-21(9-10)12-2-4-13(5-3-12)22(24)25/h1-9H,(H,20,23). The number of nitrogens with one attached hydrogen (secondary N) is 1. The van der Waals surface area contributed by atoms with Crippen molar-refractivity contribution in [1.82, 2.24) is 9.78 Å². The van der Waals surface area contributed by atoms with Crippen molar-refractivity contribution in [1.29, 1.82) is 0 Å². The van der Waals surface area contributed by atoms with Crippen LogP contribution in [0.4, 0.5) is 11.4 Å². The Kier molecular flexibility index (Phi) is 4.69. The van der Waals surface area contributed by atoms with Gasteiger partial charge in [0.05, 0.1) is 32.4 Å². The molecule has 0 aliphatic rings. The molecule has 1 amide bonds. The Bertz CT molecular complexity index is 954. The summed E-state index contributed by atoms with van der Waals surface area (Å²) >= 11 is 11.8. The van der Waals surface area contributed by atoms with Gasteiger partial charge in [0.25, 0.3) is 11.6 Å². The fourth-order valence-corrected chi connectivity index (χ4v) is 2.38. The van der Waals surface area contributed by atoms with Gasteiger partial charge in [-0.05, 0) is 30.3 Å². The summed E-state index contributed by atoms with van der Waals surface area (Å²) in [5, 5.41) is 18.2. The number of carbonyl (C=O) groups is 1. The van der Waals surface area contributed by atoms with Crippen LogP contribution in [0.3, 0.4) is 0 Å². The van der Waals surface area contributed by atoms with Crippen molar-refractivity contribution in [3.8, 4) is 5.69 Å². The lowest BCUT2D eigenvalue weighted by Crippen LogP contribution is -2.11. The third-order valence-corrected chi connectivity index (χ3v) is 4.09. The number of nitro groups is 1. The summed E-state index contributed by atoms with van der Waals surface area (Å²) in [5.41, 5.74) is 1.40. The van der Waals surface area contributed by atoms with Crippen molar-refractivity contribution in [2.24, 2.45) is 0 Å². The first-order valence-electron chi connectivity index (χ1n) is 7.00. The van der Waals surface area contributed by atoms with E-state index in [0.717, 1.165) is 0 Å². The number of hydrogen-bond acceptors (Lipinski definition) is 4. The molecule has 1 aromatic heterocycles. The first kappa shape index (κ1) is 16.9. The lowest BCUT2D eigenvalue weighted by molar-refractivity contribution is -0.384. The number of halogens is 2. The van der Waals surface area contributed by atoms with Gasteiger partial charge in [0, 0.05) is 24.0 Å². The van der Waals surface area contributed by atoms with Crippen LogP contribution in [0.1, 0.15) is 10.4 Å². The second-order valence-electron chi connectivity index (χ2n) is 5.03. The monoisotopic (exact) mass is 376 g/mol. The molecule has 0 aliphatic heterocycles. The van der Waals surface area contributed by atoms with Gasteiger partial charge in [0.2, 0.25) is 0 Å². The number of amides is 1. The van der Waals surface area contributed by atoms with E-state index >= 15 is 0 Å². The van der Waals surface area contributed by atoms with Crippen molar-refractivity contribution in [2.75, 3.05) is 5.32 Å². The Morgan fingerprint density at radius 1 is 1.12 bits per heavy atom. The maximum absolute atomic E-state index is 12.3. The van der Waals surface area contributed by atoms with Crippen LogP contribution in [0.15, 0.2) is 54.9 Å². The zero-order valence-electron chi connectivity index (χ0n) is 12.5. The first-order valence-corrected chi connectivity index (χ1v) is 7.75. The van der Waals surface area contributed by atoms with Crippen molar-refractivity contribution in [3.63, 3.8) is 0 Å². The zero-order valence-corrected chi connectivity index (χ0v) is 14.0. The van der Waals surface area contributed by atoms with Crippen molar-refractivity contribution < 1.29 is 9.72 Å². The van der Waals surface area contributed by atoms with Crippen LogP contribution in [0.2, 0.25) is 10.0 Å². The number of anilines is 1. The molecule has 2 aromatic carbocycles. The van der Waals surface area contributed by atoms with Crippen LogP contribution in [0, 0.1) is 10.1 Å². The van der Waals surface area contributed by atoms with Gasteiger partial charge in [0.15, 0.2) is 0 Å². The van der Waals surface area contributed by atoms with Gasteiger partial charge in [-0.25, -0.2) is 4.68 Å². The average Bonchev–Trinajstić information content (AvgIpc) is 3.08. The molecule has 3 rings (SSSR count). The van der Waals surface area contributed by atoms with Gasteiger partial charge in [-0.1, -0.05) is 23.2 Å². The van der Waals surface area contributed by atoms with Crippen molar-refractivity contribution >= 4 is 40.5 Å². The van der Waals surface area contributed by atoms with E-state index in [1.165, 1.54) is 29.2 Å². The number of rotatable bonds is 4. The van der Waals surface area contributed by atoms with Crippen LogP contribution in [0.25, 0.3) is 5.69 Å². The normalized spacial score (nSPS) is 10.5. The summed E-state index contributed by atoms with van der Waals surface area (Å²) in [6.45, 7) is 0. The predicted octanol–water partition coefficient (Wildman–Crippen LogP) is 4.34. The molecule has 0 saturated carbocycles. The number of aromatic nitrogens is 2. The van der Waals surface area contributed by atoms with Crippen LogP contribution in [-0.4, -0.2) is 20.6 Å². The molecule has 9 heteroatoms. The highest BCUT2D eigenvalue weighted by Gasteiger charge is 2.12. The molecule has 1 heterocycles. The molecule has 0 saturated heterocycles. The molecular weight excluding hydrogens is 367 g/mol. The van der Waals surface area contributed by atoms with Crippen LogP contribution >= 0.6 is 23.2 Å². The van der Waals surface area contributed by atoms with Gasteiger partial charge in [0.1, 0.15) is 0 Å². The van der Waals surface area contributed by atoms with Crippen molar-refractivity contribution in [2.45, 2.75) is 0 Å². The molecule has 126 valence electrons. The Morgan fingerprint density at radius 3 is 2.48 bits per heavy atom. The number of benzene rings is 2. The topological polar surface area (TPSA) is 90.1 Å². The Hall–Kier alpha value is -2.90. The van der Waals surface area contributed by atoms with Gasteiger partial charge >= 0.3 is 0 Å². The highest BCUT2D eigenvalue weighted by molar-refractivity contribution is 6.42. The van der Waals surface area contributed by atoms with E-state index in [1.807, 2.05) is 0 Å². The highest BCUT2D eigenvalue weighted by Crippen LogP contribution is 2.25. The quantitative estimate of drug-likeness (QED) is 0.541. The third kappa shape index (κ3) is 3.78. The number of hydrogen-bond donors (Lipinski definition) is 1. The third-order valence-electron chi connectivity index (χ3n) is 3.35. The summed E-state index contributed by atoms with van der Waals surface area (Å²) in [4.78, 5) is 22.5. The molecule has 0 fully saturated rings. The van der Waals surface area contributed by atoms with E-state index in [2.05, 4.69) is 10.4 Å². The average molecular weight is 377 g/mol. The smallest absolute Gasteiger partial charge is 0.269 e. The van der Waals surface area contributed by atoms with Crippen molar-refractivity contribution in [3.05, 3.63) is 80.6 Å². The summed E-state index contributed by atoms with van der Waals surface area (Å²) in [5.74, 6) is -0.369. The number of non-ortho nitro benzene ring substituents is 1. The fraction of sp³-hybridized carbons (Fsp3) is 0. The maximum atomic E-state index is 12.3. The van der Waals surface area contributed by atoms with Crippen LogP contribution in [0.5, 0.6) is 0 Å². The molecule has 25 heavy (non-hydrogen) atoms. The SMILES string of the molecule is O=C(Nc1ccc(Cl)c(Cl)c1)c1cnn(-c2ccc([N+](=O)[O-])cc2)c1. The molecular formula is C16H10Cl2N4O3. The molecule has 7 nitrogen and oxygen atoms in total. The molecule has 0 aliphatic carbocycles. The second kappa shape index (κ2) is 6.92. The largest absolute Gasteiger partial charge is 0.322 e. The van der Waals surface area contributed by atoms with E-state index in [4.69, 9.17) is 23.2 Å². The highest BCUT2D eigenvalue weighted by atomic mass is 35.5. The lowest BCUT2D eigenvalue weighted by Gasteiger charge is -2.04. The van der Waals surface area contributed by atoms with E-state index in [1.54, 1.807) is 30.3 Å². The molecule has 0 spiro atoms. The number of carbonyl (C=O) groups excluding carboxylic acids is 1. The predicted molar refractivity (Wildman–Crippen MR) is 94.6 cm³/mol. The minimum Gasteiger partial charge on any atom is -0.322 e. The van der Waals surface area contributed by atoms with E-state index < -0.39 is 4.92 Å². The molecule has 3 aromatic rings. The van der Waals surface area contributed by atoms with Gasteiger partial charge in [-0.2, -0.15) is 5.10 Å². The molecule has 0 radical (unpaired) electrons. The van der Waals surface area contributed by atoms with Gasteiger partial charge < -0.3 is 5.32 Å². The second-order valence-corrected chi connectivity index (χ2v) is 5.84. The maximum Gasteiger partial charge on any atom is 0.269 e. The molecule has 0 unspecified atom stereocenters. The van der Waals surface area contributed by atoms with Crippen LogP contribution < -0.4 is 5.32 Å². The summed E-state index contributed by atoms with van der Waals surface area (Å²) in [7, 11) is 0. The minimum absolute atomic E-state index is 0.0199. The number of nitrogens with zero attached hydrogens (tertiary/aromatic N) is 3. The minimum atomic E-state index is -0.483. The van der Waals surface area contributed by atoms with E-state index in [9.17, 15) is 14.9 Å². The summed E-state index contributed by atoms with van der Waals surface area (Å²) in [6.07, 6.45) is 2.92. The molecule has 0 atom stereocenters. The van der Waals surface area contributed by atoms with Crippen LogP contribution in [-0.2, 0) is 0 Å². The summed E-state index contributed by atoms with van der Waals surface area (Å²) < 4.78 is 1.45. The van der Waals surface area contributed by atoms with Gasteiger partial charge in [-0.15, -0.1) is 0 Å². The van der Waals surface area contributed by atoms with E-state index in [0.29, 0.717) is 27.0 Å². The Morgan fingerprint density at radius 2 is 1.84 bits per heavy atom. The molecule has 0 bridgehead atoms. The van der Waals surface area contributed by atoms with E-state index in [-0.39, 0.29) is 11.6 Å².